The third-order valence-corrected chi connectivity index (χ3v) is 3.96. The summed E-state index contributed by atoms with van der Waals surface area (Å²) in [6.07, 6.45) is 1.21. The summed E-state index contributed by atoms with van der Waals surface area (Å²) in [7, 11) is 0. The van der Waals surface area contributed by atoms with Crippen molar-refractivity contribution in [1.82, 2.24) is 14.5 Å². The van der Waals surface area contributed by atoms with E-state index in [0.717, 1.165) is 24.7 Å². The van der Waals surface area contributed by atoms with Crippen LogP contribution in [0.25, 0.3) is 0 Å². The van der Waals surface area contributed by atoms with Crippen molar-refractivity contribution >= 4 is 23.1 Å². The fraction of sp³-hybridized carbons (Fsp3) is 0.778. The number of hydrogen-bond donors (Lipinski definition) is 0. The first kappa shape index (κ1) is 10.3. The first-order valence-corrected chi connectivity index (χ1v) is 6.24. The van der Waals surface area contributed by atoms with Gasteiger partial charge in [-0.05, 0) is 37.3 Å². The van der Waals surface area contributed by atoms with Gasteiger partial charge < -0.3 is 0 Å². The van der Waals surface area contributed by atoms with E-state index in [1.807, 2.05) is 5.38 Å². The molecule has 0 spiro atoms. The van der Waals surface area contributed by atoms with E-state index in [1.54, 1.807) is 0 Å². The molecule has 2 heterocycles. The van der Waals surface area contributed by atoms with E-state index in [0.29, 0.717) is 12.0 Å². The lowest BCUT2D eigenvalue weighted by atomic mass is 10.1. The van der Waals surface area contributed by atoms with E-state index in [9.17, 15) is 0 Å². The van der Waals surface area contributed by atoms with Crippen LogP contribution in [0.2, 0.25) is 0 Å². The van der Waals surface area contributed by atoms with Crippen LogP contribution >= 0.6 is 23.1 Å². The van der Waals surface area contributed by atoms with E-state index >= 15 is 0 Å². The molecular weight excluding hydrogens is 218 g/mol. The summed E-state index contributed by atoms with van der Waals surface area (Å²) in [6.45, 7) is 4.31. The lowest BCUT2D eigenvalue weighted by Gasteiger charge is -2.22. The summed E-state index contributed by atoms with van der Waals surface area (Å²) < 4.78 is 3.87. The first-order valence-electron chi connectivity index (χ1n) is 4.87. The van der Waals surface area contributed by atoms with Gasteiger partial charge in [0.1, 0.15) is 0 Å². The monoisotopic (exact) mass is 231 g/mol. The van der Waals surface area contributed by atoms with Crippen LogP contribution in [0.3, 0.4) is 0 Å². The van der Waals surface area contributed by atoms with Gasteiger partial charge in [-0.15, -0.1) is 16.7 Å². The Bertz CT molecular complexity index is 278. The standard InChI is InChI=1S/C9H14ClN3S/c1-7-8(4-10)2-3-13(7)5-9-6-14-12-11-9/h6-8H,2-5H2,1H3. The molecule has 2 atom stereocenters. The fourth-order valence-electron chi connectivity index (χ4n) is 1.96. The van der Waals surface area contributed by atoms with Crippen molar-refractivity contribution in [2.45, 2.75) is 25.9 Å². The maximum absolute atomic E-state index is 5.90. The number of hydrogen-bond acceptors (Lipinski definition) is 4. The number of nitrogens with zero attached hydrogens (tertiary/aromatic N) is 3. The Balaban J connectivity index is 1.94. The molecule has 0 radical (unpaired) electrons. The van der Waals surface area contributed by atoms with Crippen molar-refractivity contribution in [1.29, 1.82) is 0 Å². The maximum atomic E-state index is 5.90. The van der Waals surface area contributed by atoms with E-state index in [1.165, 1.54) is 18.0 Å². The van der Waals surface area contributed by atoms with E-state index in [2.05, 4.69) is 21.4 Å². The van der Waals surface area contributed by atoms with Gasteiger partial charge in [0.05, 0.1) is 5.69 Å². The quantitative estimate of drug-likeness (QED) is 0.745. The molecule has 2 unspecified atom stereocenters. The highest BCUT2D eigenvalue weighted by molar-refractivity contribution is 7.03. The van der Waals surface area contributed by atoms with Crippen molar-refractivity contribution in [3.05, 3.63) is 11.1 Å². The van der Waals surface area contributed by atoms with Gasteiger partial charge >= 0.3 is 0 Å². The highest BCUT2D eigenvalue weighted by Crippen LogP contribution is 2.26. The Kier molecular flexibility index (Phi) is 3.36. The third-order valence-electron chi connectivity index (χ3n) is 3.01. The minimum Gasteiger partial charge on any atom is -0.294 e. The number of rotatable bonds is 3. The topological polar surface area (TPSA) is 29.0 Å². The molecule has 2 rings (SSSR count). The van der Waals surface area contributed by atoms with Crippen LogP contribution < -0.4 is 0 Å². The minimum atomic E-state index is 0.578. The summed E-state index contributed by atoms with van der Waals surface area (Å²) in [5.74, 6) is 1.41. The van der Waals surface area contributed by atoms with Gasteiger partial charge in [-0.2, -0.15) is 0 Å². The van der Waals surface area contributed by atoms with Gasteiger partial charge in [0.2, 0.25) is 0 Å². The van der Waals surface area contributed by atoms with Crippen molar-refractivity contribution in [2.75, 3.05) is 12.4 Å². The molecular formula is C9H14ClN3S. The summed E-state index contributed by atoms with van der Waals surface area (Å²) in [6, 6.07) is 0.578. The Morgan fingerprint density at radius 1 is 1.71 bits per heavy atom. The van der Waals surface area contributed by atoms with Gasteiger partial charge in [-0.25, -0.2) is 0 Å². The number of alkyl halides is 1. The van der Waals surface area contributed by atoms with Crippen LogP contribution in [0, 0.1) is 5.92 Å². The molecule has 1 aliphatic rings. The molecule has 1 aliphatic heterocycles. The molecule has 3 nitrogen and oxygen atoms in total. The summed E-state index contributed by atoms with van der Waals surface area (Å²) >= 11 is 7.31. The molecule has 78 valence electrons. The molecule has 1 fully saturated rings. The molecule has 14 heavy (non-hydrogen) atoms. The highest BCUT2D eigenvalue weighted by atomic mass is 35.5. The van der Waals surface area contributed by atoms with Crippen molar-refractivity contribution in [3.63, 3.8) is 0 Å². The van der Waals surface area contributed by atoms with E-state index in [-0.39, 0.29) is 0 Å². The average molecular weight is 232 g/mol. The smallest absolute Gasteiger partial charge is 0.0895 e. The normalized spacial score (nSPS) is 28.4. The zero-order chi connectivity index (χ0) is 9.97. The third kappa shape index (κ3) is 2.07. The van der Waals surface area contributed by atoms with Crippen LogP contribution in [0.5, 0.6) is 0 Å². The Hall–Kier alpha value is -0.190. The molecule has 1 aromatic heterocycles. The number of halogens is 1. The van der Waals surface area contributed by atoms with Gasteiger partial charge in [-0.3, -0.25) is 4.90 Å². The number of likely N-dealkylation sites (tertiary alicyclic amines) is 1. The maximum Gasteiger partial charge on any atom is 0.0895 e. The van der Waals surface area contributed by atoms with Crippen LogP contribution in [0.4, 0.5) is 0 Å². The average Bonchev–Trinajstić information content (AvgIpc) is 2.79. The molecule has 0 amide bonds. The minimum absolute atomic E-state index is 0.578. The van der Waals surface area contributed by atoms with Gasteiger partial charge in [0.15, 0.2) is 0 Å². The van der Waals surface area contributed by atoms with Crippen molar-refractivity contribution < 1.29 is 0 Å². The van der Waals surface area contributed by atoms with Gasteiger partial charge in [0.25, 0.3) is 0 Å². The lowest BCUT2D eigenvalue weighted by Crippen LogP contribution is -2.30. The second-order valence-corrected chi connectivity index (χ2v) is 4.73. The molecule has 0 N–H and O–H groups in total. The SMILES string of the molecule is CC1C(CCl)CCN1Cc1csnn1. The Morgan fingerprint density at radius 2 is 2.57 bits per heavy atom. The zero-order valence-electron chi connectivity index (χ0n) is 8.19. The zero-order valence-corrected chi connectivity index (χ0v) is 9.76. The van der Waals surface area contributed by atoms with Crippen LogP contribution in [-0.4, -0.2) is 33.0 Å². The second-order valence-electron chi connectivity index (χ2n) is 3.81. The highest BCUT2D eigenvalue weighted by Gasteiger charge is 2.29. The summed E-state index contributed by atoms with van der Waals surface area (Å²) in [4.78, 5) is 2.43. The van der Waals surface area contributed by atoms with Crippen molar-refractivity contribution in [2.24, 2.45) is 5.92 Å². The van der Waals surface area contributed by atoms with Gasteiger partial charge in [-0.1, -0.05) is 4.49 Å². The molecule has 1 saturated heterocycles. The van der Waals surface area contributed by atoms with E-state index < -0.39 is 0 Å². The van der Waals surface area contributed by atoms with Crippen molar-refractivity contribution in [3.8, 4) is 0 Å². The first-order chi connectivity index (χ1) is 6.81. The molecule has 0 aliphatic carbocycles. The predicted molar refractivity (Wildman–Crippen MR) is 58.6 cm³/mol. The molecule has 1 aromatic rings. The molecule has 0 aromatic carbocycles. The molecule has 0 bridgehead atoms. The fourth-order valence-corrected chi connectivity index (χ4v) is 2.82. The Labute approximate surface area is 93.2 Å². The molecule has 0 saturated carbocycles. The molecule has 5 heteroatoms. The second kappa shape index (κ2) is 4.55. The lowest BCUT2D eigenvalue weighted by molar-refractivity contribution is 0.237. The Morgan fingerprint density at radius 3 is 3.14 bits per heavy atom. The van der Waals surface area contributed by atoms with Gasteiger partial charge in [0, 0.05) is 23.8 Å². The van der Waals surface area contributed by atoms with Crippen LogP contribution in [0.1, 0.15) is 19.0 Å². The predicted octanol–water partition coefficient (Wildman–Crippen LogP) is 1.99. The van der Waals surface area contributed by atoms with E-state index in [4.69, 9.17) is 11.6 Å². The largest absolute Gasteiger partial charge is 0.294 e. The summed E-state index contributed by atoms with van der Waals surface area (Å²) in [5, 5.41) is 6.07. The number of aromatic nitrogens is 2. The summed E-state index contributed by atoms with van der Waals surface area (Å²) in [5.41, 5.74) is 1.08. The van der Waals surface area contributed by atoms with Crippen LogP contribution in [-0.2, 0) is 6.54 Å². The van der Waals surface area contributed by atoms with Crippen LogP contribution in [0.15, 0.2) is 5.38 Å².